The minimum absolute atomic E-state index is 0.328. The minimum Gasteiger partial charge on any atom is -0.390 e. The molecule has 0 aromatic heterocycles. The molecule has 0 spiro atoms. The molecule has 0 atom stereocenters. The summed E-state index contributed by atoms with van der Waals surface area (Å²) in [4.78, 5) is 2.14. The fourth-order valence-electron chi connectivity index (χ4n) is 3.71. The van der Waals surface area contributed by atoms with E-state index in [-0.39, 0.29) is 5.60 Å². The van der Waals surface area contributed by atoms with Gasteiger partial charge in [-0.25, -0.2) is 0 Å². The lowest BCUT2D eigenvalue weighted by atomic mass is 9.56. The van der Waals surface area contributed by atoms with Crippen LogP contribution in [0.2, 0.25) is 0 Å². The van der Waals surface area contributed by atoms with Crippen LogP contribution in [0.1, 0.15) is 44.1 Å². The average Bonchev–Trinajstić information content (AvgIpc) is 2.40. The molecular weight excluding hydrogens is 222 g/mol. The van der Waals surface area contributed by atoms with Gasteiger partial charge in [-0.05, 0) is 61.6 Å². The van der Waals surface area contributed by atoms with Crippen LogP contribution in [0.25, 0.3) is 0 Å². The SMILES string of the molecule is CN(C)c1ccc(C23CCC(O)(CC2)CC3)cc1. The van der Waals surface area contributed by atoms with Crippen molar-refractivity contribution in [1.29, 1.82) is 0 Å². The monoisotopic (exact) mass is 245 g/mol. The van der Waals surface area contributed by atoms with Crippen LogP contribution >= 0.6 is 0 Å². The standard InChI is InChI=1S/C16H23NO/c1-17(2)14-5-3-13(4-6-14)15-7-10-16(18,11-8-15)12-9-15/h3-6,18H,7-12H2,1-2H3. The third-order valence-corrected chi connectivity index (χ3v) is 5.20. The van der Waals surface area contributed by atoms with Gasteiger partial charge in [-0.3, -0.25) is 0 Å². The van der Waals surface area contributed by atoms with Gasteiger partial charge in [0.1, 0.15) is 0 Å². The minimum atomic E-state index is -0.328. The van der Waals surface area contributed by atoms with Crippen molar-refractivity contribution in [2.45, 2.75) is 49.5 Å². The fourth-order valence-corrected chi connectivity index (χ4v) is 3.71. The summed E-state index contributed by atoms with van der Waals surface area (Å²) in [7, 11) is 4.16. The summed E-state index contributed by atoms with van der Waals surface area (Å²) in [6.45, 7) is 0. The third-order valence-electron chi connectivity index (χ3n) is 5.20. The van der Waals surface area contributed by atoms with E-state index in [2.05, 4.69) is 43.3 Å². The summed E-state index contributed by atoms with van der Waals surface area (Å²) in [5.41, 5.74) is 2.77. The van der Waals surface area contributed by atoms with Gasteiger partial charge < -0.3 is 10.0 Å². The zero-order valence-electron chi connectivity index (χ0n) is 11.4. The molecule has 3 aliphatic carbocycles. The molecule has 0 aliphatic heterocycles. The first-order valence-electron chi connectivity index (χ1n) is 7.03. The molecule has 0 unspecified atom stereocenters. The van der Waals surface area contributed by atoms with Crippen LogP contribution in [0.5, 0.6) is 0 Å². The van der Waals surface area contributed by atoms with Crippen molar-refractivity contribution in [3.05, 3.63) is 29.8 Å². The Morgan fingerprint density at radius 1 is 0.889 bits per heavy atom. The van der Waals surface area contributed by atoms with Gasteiger partial charge in [-0.15, -0.1) is 0 Å². The van der Waals surface area contributed by atoms with Crippen molar-refractivity contribution < 1.29 is 5.11 Å². The van der Waals surface area contributed by atoms with Crippen molar-refractivity contribution in [3.8, 4) is 0 Å². The van der Waals surface area contributed by atoms with E-state index in [0.29, 0.717) is 5.41 Å². The van der Waals surface area contributed by atoms with Gasteiger partial charge in [-0.1, -0.05) is 12.1 Å². The maximum Gasteiger partial charge on any atom is 0.0648 e. The van der Waals surface area contributed by atoms with Crippen molar-refractivity contribution in [1.82, 2.24) is 0 Å². The summed E-state index contributed by atoms with van der Waals surface area (Å²) in [5.74, 6) is 0. The second kappa shape index (κ2) is 3.99. The first-order valence-corrected chi connectivity index (χ1v) is 7.03. The Morgan fingerprint density at radius 3 is 1.83 bits per heavy atom. The third kappa shape index (κ3) is 1.83. The van der Waals surface area contributed by atoms with E-state index in [4.69, 9.17) is 0 Å². The molecule has 4 rings (SSSR count). The van der Waals surface area contributed by atoms with Crippen LogP contribution in [-0.4, -0.2) is 24.8 Å². The first-order chi connectivity index (χ1) is 8.53. The van der Waals surface area contributed by atoms with Gasteiger partial charge in [0.05, 0.1) is 5.60 Å². The van der Waals surface area contributed by atoms with Crippen LogP contribution in [0, 0.1) is 0 Å². The summed E-state index contributed by atoms with van der Waals surface area (Å²) in [6, 6.07) is 9.04. The molecule has 3 aliphatic rings. The van der Waals surface area contributed by atoms with E-state index >= 15 is 0 Å². The van der Waals surface area contributed by atoms with Crippen molar-refractivity contribution in [3.63, 3.8) is 0 Å². The molecule has 1 N–H and O–H groups in total. The van der Waals surface area contributed by atoms with E-state index in [1.165, 1.54) is 11.3 Å². The Labute approximate surface area is 110 Å². The molecule has 98 valence electrons. The predicted molar refractivity (Wildman–Crippen MR) is 75.1 cm³/mol. The van der Waals surface area contributed by atoms with Crippen molar-refractivity contribution in [2.24, 2.45) is 0 Å². The van der Waals surface area contributed by atoms with Gasteiger partial charge in [0.15, 0.2) is 0 Å². The van der Waals surface area contributed by atoms with Gasteiger partial charge in [-0.2, -0.15) is 0 Å². The zero-order valence-corrected chi connectivity index (χ0v) is 11.4. The molecule has 0 heterocycles. The zero-order chi connectivity index (χ0) is 12.8. The number of rotatable bonds is 2. The summed E-state index contributed by atoms with van der Waals surface area (Å²) < 4.78 is 0. The number of hydrogen-bond donors (Lipinski definition) is 1. The molecule has 18 heavy (non-hydrogen) atoms. The second-order valence-corrected chi connectivity index (χ2v) is 6.45. The van der Waals surface area contributed by atoms with Crippen LogP contribution in [-0.2, 0) is 5.41 Å². The lowest BCUT2D eigenvalue weighted by Gasteiger charge is -2.51. The van der Waals surface area contributed by atoms with E-state index in [1.54, 1.807) is 0 Å². The van der Waals surface area contributed by atoms with E-state index in [1.807, 2.05) is 0 Å². The molecule has 3 saturated carbocycles. The molecule has 3 fully saturated rings. The molecule has 0 radical (unpaired) electrons. The largest absolute Gasteiger partial charge is 0.390 e. The number of aliphatic hydroxyl groups is 1. The Balaban J connectivity index is 1.86. The van der Waals surface area contributed by atoms with Gasteiger partial charge in [0.25, 0.3) is 0 Å². The van der Waals surface area contributed by atoms with E-state index < -0.39 is 0 Å². The van der Waals surface area contributed by atoms with E-state index in [9.17, 15) is 5.11 Å². The molecule has 0 saturated heterocycles. The molecule has 1 aromatic carbocycles. The summed E-state index contributed by atoms with van der Waals surface area (Å²) in [5, 5.41) is 10.3. The van der Waals surface area contributed by atoms with Crippen molar-refractivity contribution >= 4 is 5.69 Å². The molecule has 2 nitrogen and oxygen atoms in total. The van der Waals surface area contributed by atoms with Crippen LogP contribution in [0.15, 0.2) is 24.3 Å². The maximum atomic E-state index is 10.3. The summed E-state index contributed by atoms with van der Waals surface area (Å²) in [6.07, 6.45) is 6.44. The van der Waals surface area contributed by atoms with Crippen molar-refractivity contribution in [2.75, 3.05) is 19.0 Å². The highest BCUT2D eigenvalue weighted by molar-refractivity contribution is 5.47. The Hall–Kier alpha value is -1.02. The Morgan fingerprint density at radius 2 is 1.39 bits per heavy atom. The van der Waals surface area contributed by atoms with Gasteiger partial charge in [0, 0.05) is 19.8 Å². The maximum absolute atomic E-state index is 10.3. The number of benzene rings is 1. The number of anilines is 1. The second-order valence-electron chi connectivity index (χ2n) is 6.45. The molecule has 2 bridgehead atoms. The number of fused-ring (bicyclic) bond motifs is 3. The normalized spacial score (nSPS) is 34.6. The number of hydrogen-bond acceptors (Lipinski definition) is 2. The van der Waals surface area contributed by atoms with Crippen LogP contribution in [0.4, 0.5) is 5.69 Å². The molecule has 0 amide bonds. The molecule has 2 heteroatoms. The highest BCUT2D eigenvalue weighted by Crippen LogP contribution is 2.53. The average molecular weight is 245 g/mol. The lowest BCUT2D eigenvalue weighted by Crippen LogP contribution is -2.48. The first kappa shape index (κ1) is 12.0. The van der Waals surface area contributed by atoms with Crippen LogP contribution in [0.3, 0.4) is 0 Å². The van der Waals surface area contributed by atoms with Crippen LogP contribution < -0.4 is 4.90 Å². The molecule has 1 aromatic rings. The molecular formula is C16H23NO. The Kier molecular flexibility index (Phi) is 2.67. The van der Waals surface area contributed by atoms with Gasteiger partial charge in [0.2, 0.25) is 0 Å². The topological polar surface area (TPSA) is 23.5 Å². The highest BCUT2D eigenvalue weighted by atomic mass is 16.3. The highest BCUT2D eigenvalue weighted by Gasteiger charge is 2.48. The Bertz CT molecular complexity index is 410. The quantitative estimate of drug-likeness (QED) is 0.865. The fraction of sp³-hybridized carbons (Fsp3) is 0.625. The van der Waals surface area contributed by atoms with Gasteiger partial charge >= 0.3 is 0 Å². The lowest BCUT2D eigenvalue weighted by molar-refractivity contribution is -0.0660. The predicted octanol–water partition coefficient (Wildman–Crippen LogP) is 3.09. The summed E-state index contributed by atoms with van der Waals surface area (Å²) >= 11 is 0. The number of nitrogens with zero attached hydrogens (tertiary/aromatic N) is 1. The smallest absolute Gasteiger partial charge is 0.0648 e. The van der Waals surface area contributed by atoms with E-state index in [0.717, 1.165) is 38.5 Å².